The molecule has 0 aliphatic heterocycles. The smallest absolute Gasteiger partial charge is 0.477 e. The van der Waals surface area contributed by atoms with Crippen molar-refractivity contribution in [2.75, 3.05) is 0 Å². The molecule has 2 aromatic carbocycles. The number of aromatic amines is 1. The number of aromatic nitrogens is 1. The standard InChI is InChI=1S/C20H13ClF4N2O5/c21-12-3-10-6-14(19(30)31)18(29)27-17(10)11(4-12)8-26-16(28)7-9-5-13(1-2-15(9)22)32-20(23,24)25/h1-6H,7-8H2,(H,26,28)(H,27,29)(H,30,31). The largest absolute Gasteiger partial charge is 0.573 e. The van der Waals surface area contributed by atoms with E-state index in [9.17, 15) is 31.9 Å². The molecule has 1 amide bonds. The maximum Gasteiger partial charge on any atom is 0.573 e. The Bertz CT molecular complexity index is 1270. The number of H-pyrrole nitrogens is 1. The molecule has 3 rings (SSSR count). The third kappa shape index (κ3) is 5.55. The van der Waals surface area contributed by atoms with Crippen molar-refractivity contribution in [3.05, 3.63) is 74.3 Å². The molecule has 32 heavy (non-hydrogen) atoms. The van der Waals surface area contributed by atoms with Gasteiger partial charge in [0.05, 0.1) is 11.9 Å². The first kappa shape index (κ1) is 23.1. The summed E-state index contributed by atoms with van der Waals surface area (Å²) in [5.41, 5.74) is -1.10. The van der Waals surface area contributed by atoms with Crippen molar-refractivity contribution in [1.29, 1.82) is 0 Å². The van der Waals surface area contributed by atoms with E-state index in [-0.39, 0.29) is 22.6 Å². The minimum atomic E-state index is -4.97. The summed E-state index contributed by atoms with van der Waals surface area (Å²) in [5.74, 6) is -3.73. The highest BCUT2D eigenvalue weighted by Crippen LogP contribution is 2.25. The van der Waals surface area contributed by atoms with E-state index in [4.69, 9.17) is 16.7 Å². The van der Waals surface area contributed by atoms with Gasteiger partial charge in [-0.3, -0.25) is 9.59 Å². The van der Waals surface area contributed by atoms with Gasteiger partial charge in [0.25, 0.3) is 5.56 Å². The number of carbonyl (C=O) groups excluding carboxylic acids is 1. The van der Waals surface area contributed by atoms with E-state index in [1.54, 1.807) is 0 Å². The monoisotopic (exact) mass is 472 g/mol. The van der Waals surface area contributed by atoms with Crippen LogP contribution in [0.4, 0.5) is 17.6 Å². The average molecular weight is 473 g/mol. The second-order valence-corrected chi connectivity index (χ2v) is 7.04. The van der Waals surface area contributed by atoms with Crippen LogP contribution in [0.2, 0.25) is 5.02 Å². The minimum absolute atomic E-state index is 0.182. The third-order valence-electron chi connectivity index (χ3n) is 4.31. The number of pyridine rings is 1. The van der Waals surface area contributed by atoms with Crippen LogP contribution < -0.4 is 15.6 Å². The molecule has 0 aliphatic carbocycles. The number of benzene rings is 2. The Morgan fingerprint density at radius 3 is 2.50 bits per heavy atom. The molecule has 0 radical (unpaired) electrons. The van der Waals surface area contributed by atoms with E-state index in [0.717, 1.165) is 24.3 Å². The molecule has 1 aromatic heterocycles. The Balaban J connectivity index is 1.79. The van der Waals surface area contributed by atoms with Gasteiger partial charge in [-0.25, -0.2) is 9.18 Å². The number of carboxylic acid groups (broad SMARTS) is 1. The summed E-state index contributed by atoms with van der Waals surface area (Å²) in [4.78, 5) is 37.8. The van der Waals surface area contributed by atoms with Crippen LogP contribution >= 0.6 is 11.6 Å². The van der Waals surface area contributed by atoms with Gasteiger partial charge in [0, 0.05) is 22.5 Å². The van der Waals surface area contributed by atoms with Crippen molar-refractivity contribution in [3.63, 3.8) is 0 Å². The van der Waals surface area contributed by atoms with Crippen molar-refractivity contribution in [3.8, 4) is 5.75 Å². The maximum atomic E-state index is 13.9. The summed E-state index contributed by atoms with van der Waals surface area (Å²) >= 11 is 6.02. The van der Waals surface area contributed by atoms with Crippen LogP contribution in [0.1, 0.15) is 21.5 Å². The second-order valence-electron chi connectivity index (χ2n) is 6.60. The molecule has 0 aliphatic rings. The molecule has 0 saturated heterocycles. The van der Waals surface area contributed by atoms with Gasteiger partial charge in [-0.15, -0.1) is 13.2 Å². The fourth-order valence-corrected chi connectivity index (χ4v) is 3.22. The topological polar surface area (TPSA) is 108 Å². The number of fused-ring (bicyclic) bond motifs is 1. The molecule has 0 bridgehead atoms. The highest BCUT2D eigenvalue weighted by atomic mass is 35.5. The molecule has 7 nitrogen and oxygen atoms in total. The molecule has 3 N–H and O–H groups in total. The Morgan fingerprint density at radius 1 is 1.12 bits per heavy atom. The molecule has 0 spiro atoms. The molecule has 0 unspecified atom stereocenters. The van der Waals surface area contributed by atoms with Crippen LogP contribution in [0, 0.1) is 5.82 Å². The first-order valence-electron chi connectivity index (χ1n) is 8.82. The predicted molar refractivity (Wildman–Crippen MR) is 105 cm³/mol. The van der Waals surface area contributed by atoms with Gasteiger partial charge in [-0.2, -0.15) is 0 Å². The number of hydrogen-bond acceptors (Lipinski definition) is 4. The molecule has 0 fully saturated rings. The number of hydrogen-bond donors (Lipinski definition) is 3. The van der Waals surface area contributed by atoms with Crippen LogP contribution in [0.25, 0.3) is 10.9 Å². The summed E-state index contributed by atoms with van der Waals surface area (Å²) < 4.78 is 54.6. The molecule has 0 atom stereocenters. The number of halogens is 5. The van der Waals surface area contributed by atoms with Crippen LogP contribution in [0.3, 0.4) is 0 Å². The van der Waals surface area contributed by atoms with E-state index >= 15 is 0 Å². The van der Waals surface area contributed by atoms with Crippen LogP contribution in [-0.4, -0.2) is 28.3 Å². The number of rotatable bonds is 6. The number of nitrogens with one attached hydrogen (secondary N) is 2. The highest BCUT2D eigenvalue weighted by molar-refractivity contribution is 6.31. The van der Waals surface area contributed by atoms with Gasteiger partial charge in [0.1, 0.15) is 17.1 Å². The molecule has 0 saturated carbocycles. The lowest BCUT2D eigenvalue weighted by Crippen LogP contribution is -2.26. The molecule has 1 heterocycles. The van der Waals surface area contributed by atoms with E-state index in [0.29, 0.717) is 10.9 Å². The highest BCUT2D eigenvalue weighted by Gasteiger charge is 2.31. The lowest BCUT2D eigenvalue weighted by atomic mass is 10.1. The predicted octanol–water partition coefficient (Wildman–Crippen LogP) is 3.78. The molecule has 12 heteroatoms. The third-order valence-corrected chi connectivity index (χ3v) is 4.52. The van der Waals surface area contributed by atoms with Crippen molar-refractivity contribution in [2.24, 2.45) is 0 Å². The Hall–Kier alpha value is -3.60. The van der Waals surface area contributed by atoms with E-state index < -0.39 is 47.3 Å². The summed E-state index contributed by atoms with van der Waals surface area (Å²) in [6, 6.07) is 6.28. The van der Waals surface area contributed by atoms with Gasteiger partial charge in [0.2, 0.25) is 5.91 Å². The fourth-order valence-electron chi connectivity index (χ4n) is 2.97. The summed E-state index contributed by atoms with van der Waals surface area (Å²) in [6.07, 6.45) is -5.55. The minimum Gasteiger partial charge on any atom is -0.477 e. The van der Waals surface area contributed by atoms with E-state index in [1.807, 2.05) is 0 Å². The lowest BCUT2D eigenvalue weighted by Gasteiger charge is -2.12. The number of ether oxygens (including phenoxy) is 1. The molecular formula is C20H13ClF4N2O5. The zero-order valence-corrected chi connectivity index (χ0v) is 16.6. The van der Waals surface area contributed by atoms with Crippen molar-refractivity contribution in [1.82, 2.24) is 10.3 Å². The number of aromatic carboxylic acids is 1. The SMILES string of the molecule is O=C(Cc1cc(OC(F)(F)F)ccc1F)NCc1cc(Cl)cc2cc(C(=O)O)c(=O)[nH]c12. The van der Waals surface area contributed by atoms with Gasteiger partial charge >= 0.3 is 12.3 Å². The Morgan fingerprint density at radius 2 is 1.84 bits per heavy atom. The quantitative estimate of drug-likeness (QED) is 0.473. The number of amides is 1. The number of carboxylic acids is 1. The maximum absolute atomic E-state index is 13.9. The zero-order chi connectivity index (χ0) is 23.6. The number of alkyl halides is 3. The molecular weight excluding hydrogens is 460 g/mol. The number of carbonyl (C=O) groups is 2. The fraction of sp³-hybridized carbons (Fsp3) is 0.150. The summed E-state index contributed by atoms with van der Waals surface area (Å²) in [7, 11) is 0. The van der Waals surface area contributed by atoms with E-state index in [2.05, 4.69) is 15.0 Å². The van der Waals surface area contributed by atoms with Crippen LogP contribution in [0.15, 0.2) is 41.2 Å². The van der Waals surface area contributed by atoms with Crippen LogP contribution in [-0.2, 0) is 17.8 Å². The Labute approximate surface area is 181 Å². The molecule has 3 aromatic rings. The summed E-state index contributed by atoms with van der Waals surface area (Å²) in [5, 5.41) is 12.0. The first-order valence-corrected chi connectivity index (χ1v) is 9.20. The van der Waals surface area contributed by atoms with Gasteiger partial charge in [-0.05, 0) is 42.0 Å². The van der Waals surface area contributed by atoms with Gasteiger partial charge in [-0.1, -0.05) is 11.6 Å². The summed E-state index contributed by atoms with van der Waals surface area (Å²) in [6.45, 7) is -0.182. The average Bonchev–Trinajstić information content (AvgIpc) is 2.67. The Kier molecular flexibility index (Phi) is 6.40. The lowest BCUT2D eigenvalue weighted by molar-refractivity contribution is -0.274. The van der Waals surface area contributed by atoms with Crippen molar-refractivity contribution >= 4 is 34.4 Å². The van der Waals surface area contributed by atoms with Gasteiger partial charge < -0.3 is 20.1 Å². The normalized spacial score (nSPS) is 11.4. The zero-order valence-electron chi connectivity index (χ0n) is 15.8. The second kappa shape index (κ2) is 8.87. The van der Waals surface area contributed by atoms with Crippen LogP contribution in [0.5, 0.6) is 5.75 Å². The van der Waals surface area contributed by atoms with E-state index in [1.165, 1.54) is 12.1 Å². The molecule has 168 valence electrons. The van der Waals surface area contributed by atoms with Crippen molar-refractivity contribution in [2.45, 2.75) is 19.3 Å². The first-order chi connectivity index (χ1) is 14.9. The van der Waals surface area contributed by atoms with Gasteiger partial charge in [0.15, 0.2) is 0 Å². The van der Waals surface area contributed by atoms with Crippen molar-refractivity contribution < 1.29 is 37.0 Å².